The van der Waals surface area contributed by atoms with Crippen LogP contribution in [0, 0.1) is 6.92 Å². The predicted molar refractivity (Wildman–Crippen MR) is 118 cm³/mol. The summed E-state index contributed by atoms with van der Waals surface area (Å²) in [6, 6.07) is 10.2. The minimum atomic E-state index is -0.560. The molecule has 2 aromatic rings. The van der Waals surface area contributed by atoms with Crippen molar-refractivity contribution in [3.05, 3.63) is 53.2 Å². The fourth-order valence-corrected chi connectivity index (χ4v) is 3.63. The molecule has 1 unspecified atom stereocenters. The largest absolute Gasteiger partial charge is 0.481 e. The lowest BCUT2D eigenvalue weighted by Crippen LogP contribution is -2.36. The summed E-state index contributed by atoms with van der Waals surface area (Å²) < 4.78 is 6.00. The number of nitrogens with zero attached hydrogens (tertiary/aromatic N) is 2. The molecule has 156 valence electrons. The molecular weight excluding hydrogens is 362 g/mol. The van der Waals surface area contributed by atoms with E-state index in [1.54, 1.807) is 6.92 Å². The first-order chi connectivity index (χ1) is 13.9. The molecule has 3 rings (SSSR count). The second-order valence-electron chi connectivity index (χ2n) is 8.25. The van der Waals surface area contributed by atoms with E-state index in [2.05, 4.69) is 41.2 Å². The van der Waals surface area contributed by atoms with Crippen LogP contribution in [0.2, 0.25) is 0 Å². The quantitative estimate of drug-likeness (QED) is 0.745. The van der Waals surface area contributed by atoms with Crippen LogP contribution in [0.3, 0.4) is 0 Å². The number of aromatic nitrogens is 1. The summed E-state index contributed by atoms with van der Waals surface area (Å²) in [5.74, 6) is 2.03. The number of rotatable bonds is 7. The fourth-order valence-electron chi connectivity index (χ4n) is 3.63. The highest BCUT2D eigenvalue weighted by atomic mass is 16.5. The molecule has 5 nitrogen and oxygen atoms in total. The maximum atomic E-state index is 12.5. The first kappa shape index (κ1) is 21.2. The van der Waals surface area contributed by atoms with Gasteiger partial charge in [-0.2, -0.15) is 0 Å². The van der Waals surface area contributed by atoms with E-state index in [1.807, 2.05) is 31.3 Å². The van der Waals surface area contributed by atoms with E-state index in [-0.39, 0.29) is 5.91 Å². The fraction of sp³-hybridized carbons (Fsp3) is 0.500. The number of carbonyl (C=O) groups excluding carboxylic acids is 1. The van der Waals surface area contributed by atoms with E-state index < -0.39 is 6.10 Å². The van der Waals surface area contributed by atoms with Gasteiger partial charge < -0.3 is 15.0 Å². The van der Waals surface area contributed by atoms with Crippen LogP contribution < -0.4 is 15.0 Å². The lowest BCUT2D eigenvalue weighted by molar-refractivity contribution is -0.127. The van der Waals surface area contributed by atoms with Crippen molar-refractivity contribution < 1.29 is 9.53 Å². The molecule has 29 heavy (non-hydrogen) atoms. The summed E-state index contributed by atoms with van der Waals surface area (Å²) in [7, 11) is 0. The van der Waals surface area contributed by atoms with Crippen molar-refractivity contribution in [2.24, 2.45) is 0 Å². The average Bonchev–Trinajstić information content (AvgIpc) is 2.73. The minimum Gasteiger partial charge on any atom is -0.481 e. The molecule has 0 spiro atoms. The smallest absolute Gasteiger partial charge is 0.261 e. The molecule has 5 heteroatoms. The number of carbonyl (C=O) groups is 1. The Morgan fingerprint density at radius 3 is 2.55 bits per heavy atom. The zero-order chi connectivity index (χ0) is 20.8. The van der Waals surface area contributed by atoms with Crippen molar-refractivity contribution in [2.75, 3.05) is 18.0 Å². The lowest BCUT2D eigenvalue weighted by atomic mass is 10.0. The first-order valence-electron chi connectivity index (χ1n) is 10.7. The summed E-state index contributed by atoms with van der Waals surface area (Å²) >= 11 is 0. The Kier molecular flexibility index (Phi) is 7.13. The van der Waals surface area contributed by atoms with Gasteiger partial charge in [0.1, 0.15) is 11.6 Å². The number of hydrogen-bond donors (Lipinski definition) is 1. The van der Waals surface area contributed by atoms with Gasteiger partial charge in [0.15, 0.2) is 6.10 Å². The number of nitrogens with one attached hydrogen (secondary N) is 1. The molecule has 1 N–H and O–H groups in total. The van der Waals surface area contributed by atoms with Crippen molar-refractivity contribution in [3.8, 4) is 5.75 Å². The van der Waals surface area contributed by atoms with Crippen molar-refractivity contribution >= 4 is 11.7 Å². The van der Waals surface area contributed by atoms with Crippen LogP contribution in [0.15, 0.2) is 36.5 Å². The van der Waals surface area contributed by atoms with Crippen LogP contribution in [-0.4, -0.2) is 30.1 Å². The zero-order valence-electron chi connectivity index (χ0n) is 18.1. The second-order valence-corrected chi connectivity index (χ2v) is 8.25. The van der Waals surface area contributed by atoms with Crippen molar-refractivity contribution in [2.45, 2.75) is 65.5 Å². The molecule has 1 aliphatic rings. The third-order valence-corrected chi connectivity index (χ3v) is 5.42. The molecule has 0 radical (unpaired) electrons. The third-order valence-electron chi connectivity index (χ3n) is 5.42. The van der Waals surface area contributed by atoms with Crippen LogP contribution in [0.25, 0.3) is 0 Å². The molecule has 1 aromatic carbocycles. The Hall–Kier alpha value is -2.56. The maximum absolute atomic E-state index is 12.5. The normalized spacial score (nSPS) is 15.3. The molecule has 1 amide bonds. The van der Waals surface area contributed by atoms with Crippen LogP contribution in [-0.2, 0) is 11.3 Å². The molecule has 1 atom stereocenters. The molecule has 0 saturated carbocycles. The summed E-state index contributed by atoms with van der Waals surface area (Å²) in [5.41, 5.74) is 3.23. The molecule has 0 bridgehead atoms. The first-order valence-corrected chi connectivity index (χ1v) is 10.7. The Labute approximate surface area is 174 Å². The average molecular weight is 396 g/mol. The Bertz CT molecular complexity index is 811. The number of aryl methyl sites for hydroxylation is 1. The van der Waals surface area contributed by atoms with E-state index in [0.717, 1.165) is 41.3 Å². The summed E-state index contributed by atoms with van der Waals surface area (Å²) in [5, 5.41) is 2.96. The van der Waals surface area contributed by atoms with Gasteiger partial charge in [0.25, 0.3) is 5.91 Å². The summed E-state index contributed by atoms with van der Waals surface area (Å²) in [6.07, 6.45) is 5.07. The SMILES string of the molecule is Cc1ccc(C(C)C)c(OC(C)C(=O)NCc2ccc(N3CCCCC3)nc2)c1. The van der Waals surface area contributed by atoms with Crippen LogP contribution in [0.1, 0.15) is 62.6 Å². The summed E-state index contributed by atoms with van der Waals surface area (Å²) in [4.78, 5) is 19.4. The topological polar surface area (TPSA) is 54.5 Å². The van der Waals surface area contributed by atoms with Crippen LogP contribution >= 0.6 is 0 Å². The molecular formula is C24H33N3O2. The maximum Gasteiger partial charge on any atom is 0.261 e. The minimum absolute atomic E-state index is 0.124. The highest BCUT2D eigenvalue weighted by Gasteiger charge is 2.18. The summed E-state index contributed by atoms with van der Waals surface area (Å²) in [6.45, 7) is 10.7. The Balaban J connectivity index is 1.54. The molecule has 1 fully saturated rings. The predicted octanol–water partition coefficient (Wildman–Crippen LogP) is 4.59. The molecule has 1 saturated heterocycles. The number of hydrogen-bond acceptors (Lipinski definition) is 4. The van der Waals surface area contributed by atoms with E-state index in [9.17, 15) is 4.79 Å². The van der Waals surface area contributed by atoms with E-state index in [0.29, 0.717) is 12.5 Å². The van der Waals surface area contributed by atoms with Gasteiger partial charge >= 0.3 is 0 Å². The third kappa shape index (κ3) is 5.72. The molecule has 1 aromatic heterocycles. The lowest BCUT2D eigenvalue weighted by Gasteiger charge is -2.27. The molecule has 0 aliphatic carbocycles. The molecule has 1 aliphatic heterocycles. The number of benzene rings is 1. The molecule has 2 heterocycles. The zero-order valence-corrected chi connectivity index (χ0v) is 18.1. The number of ether oxygens (including phenoxy) is 1. The number of piperidine rings is 1. The van der Waals surface area contributed by atoms with Gasteiger partial charge in [-0.3, -0.25) is 4.79 Å². The Morgan fingerprint density at radius 1 is 1.14 bits per heavy atom. The van der Waals surface area contributed by atoms with Gasteiger partial charge in [-0.25, -0.2) is 4.98 Å². The van der Waals surface area contributed by atoms with E-state index >= 15 is 0 Å². The van der Waals surface area contributed by atoms with Crippen LogP contribution in [0.5, 0.6) is 5.75 Å². The van der Waals surface area contributed by atoms with Gasteiger partial charge in [0.05, 0.1) is 0 Å². The number of anilines is 1. The van der Waals surface area contributed by atoms with Gasteiger partial charge in [0.2, 0.25) is 0 Å². The highest BCUT2D eigenvalue weighted by Crippen LogP contribution is 2.28. The standard InChI is InChI=1S/C24H33N3O2/c1-17(2)21-10-8-18(3)14-22(21)29-19(4)24(28)26-16-20-9-11-23(25-15-20)27-12-6-5-7-13-27/h8-11,14-15,17,19H,5-7,12-13,16H2,1-4H3,(H,26,28). The van der Waals surface area contributed by atoms with Gasteiger partial charge in [-0.1, -0.05) is 32.0 Å². The van der Waals surface area contributed by atoms with Crippen molar-refractivity contribution in [1.29, 1.82) is 0 Å². The Morgan fingerprint density at radius 2 is 1.90 bits per heavy atom. The van der Waals surface area contributed by atoms with Gasteiger partial charge in [0, 0.05) is 25.8 Å². The van der Waals surface area contributed by atoms with Crippen molar-refractivity contribution in [3.63, 3.8) is 0 Å². The van der Waals surface area contributed by atoms with Gasteiger partial charge in [-0.05, 0) is 67.9 Å². The van der Waals surface area contributed by atoms with E-state index in [4.69, 9.17) is 4.74 Å². The highest BCUT2D eigenvalue weighted by molar-refractivity contribution is 5.80. The van der Waals surface area contributed by atoms with E-state index in [1.165, 1.54) is 19.3 Å². The second kappa shape index (κ2) is 9.77. The number of pyridine rings is 1. The van der Waals surface area contributed by atoms with Crippen LogP contribution in [0.4, 0.5) is 5.82 Å². The monoisotopic (exact) mass is 395 g/mol. The van der Waals surface area contributed by atoms with Gasteiger partial charge in [-0.15, -0.1) is 0 Å². The van der Waals surface area contributed by atoms with Crippen molar-refractivity contribution in [1.82, 2.24) is 10.3 Å². The number of amides is 1.